The molecule has 2 nitrogen and oxygen atoms in total. The number of halogens is 1. The Morgan fingerprint density at radius 1 is 0.760 bits per heavy atom. The first kappa shape index (κ1) is 16.3. The van der Waals surface area contributed by atoms with Gasteiger partial charge in [-0.05, 0) is 55.3 Å². The summed E-state index contributed by atoms with van der Waals surface area (Å²) in [5, 5.41) is 0.752. The summed E-state index contributed by atoms with van der Waals surface area (Å²) in [6.45, 7) is 3.52. The fraction of sp³-hybridized carbons (Fsp3) is 0.227. The smallest absolute Gasteiger partial charge is 0.0702 e. The summed E-state index contributed by atoms with van der Waals surface area (Å²) in [6, 6.07) is 20.9. The maximum absolute atomic E-state index is 5.95. The minimum absolute atomic E-state index is 0.752. The molecule has 0 saturated carbocycles. The molecule has 1 saturated heterocycles. The van der Waals surface area contributed by atoms with Gasteiger partial charge in [-0.3, -0.25) is 9.88 Å². The molecular formula is C22H21ClN2. The number of benzene rings is 2. The Labute approximate surface area is 154 Å². The van der Waals surface area contributed by atoms with E-state index in [1.807, 2.05) is 30.5 Å². The van der Waals surface area contributed by atoms with Crippen LogP contribution < -0.4 is 0 Å². The van der Waals surface area contributed by atoms with Crippen LogP contribution >= 0.6 is 11.6 Å². The van der Waals surface area contributed by atoms with E-state index in [2.05, 4.69) is 46.3 Å². The second kappa shape index (κ2) is 7.38. The first-order valence-electron chi connectivity index (χ1n) is 8.82. The predicted octanol–water partition coefficient (Wildman–Crippen LogP) is 5.66. The molecule has 0 aliphatic carbocycles. The van der Waals surface area contributed by atoms with E-state index in [-0.39, 0.29) is 0 Å². The number of hydrogen-bond acceptors (Lipinski definition) is 2. The summed E-state index contributed by atoms with van der Waals surface area (Å²) in [7, 11) is 0. The molecule has 0 amide bonds. The van der Waals surface area contributed by atoms with Gasteiger partial charge in [-0.25, -0.2) is 0 Å². The fourth-order valence-electron chi connectivity index (χ4n) is 3.36. The summed E-state index contributed by atoms with van der Waals surface area (Å²) < 4.78 is 0. The highest BCUT2D eigenvalue weighted by molar-refractivity contribution is 6.30. The Kier molecular flexibility index (Phi) is 4.82. The molecule has 0 atom stereocenters. The van der Waals surface area contributed by atoms with Crippen molar-refractivity contribution in [3.05, 3.63) is 77.4 Å². The zero-order chi connectivity index (χ0) is 17.1. The highest BCUT2D eigenvalue weighted by Gasteiger charge is 2.11. The molecule has 1 fully saturated rings. The van der Waals surface area contributed by atoms with Gasteiger partial charge in [0.2, 0.25) is 0 Å². The summed E-state index contributed by atoms with van der Waals surface area (Å²) in [6.07, 6.45) is 4.60. The molecule has 0 spiro atoms. The van der Waals surface area contributed by atoms with Gasteiger partial charge in [0.05, 0.1) is 5.69 Å². The number of likely N-dealkylation sites (tertiary alicyclic amines) is 1. The van der Waals surface area contributed by atoms with Gasteiger partial charge in [-0.2, -0.15) is 0 Å². The Bertz CT molecular complexity index is 817. The van der Waals surface area contributed by atoms with Crippen molar-refractivity contribution in [3.8, 4) is 22.4 Å². The number of rotatable bonds is 4. The second-order valence-electron chi connectivity index (χ2n) is 6.62. The Morgan fingerprint density at radius 3 is 2.04 bits per heavy atom. The van der Waals surface area contributed by atoms with Crippen LogP contribution in [-0.4, -0.2) is 23.0 Å². The number of aromatic nitrogens is 1. The molecule has 1 aromatic heterocycles. The molecule has 1 aliphatic heterocycles. The average Bonchev–Trinajstić information content (AvgIpc) is 3.16. The van der Waals surface area contributed by atoms with E-state index < -0.39 is 0 Å². The molecule has 2 aromatic carbocycles. The first-order chi connectivity index (χ1) is 12.3. The lowest BCUT2D eigenvalue weighted by Crippen LogP contribution is -2.18. The van der Waals surface area contributed by atoms with Crippen LogP contribution in [0.3, 0.4) is 0 Å². The Balaban J connectivity index is 1.48. The van der Waals surface area contributed by atoms with Gasteiger partial charge >= 0.3 is 0 Å². The lowest BCUT2D eigenvalue weighted by molar-refractivity contribution is 0.331. The standard InChI is InChI=1S/C22H21ClN2/c23-21-10-7-18(8-11-21)20-9-12-22(24-15-20)19-5-3-17(4-6-19)16-25-13-1-2-14-25/h3-12,15H,1-2,13-14,16H2. The van der Waals surface area contributed by atoms with Gasteiger partial charge in [0.15, 0.2) is 0 Å². The summed E-state index contributed by atoms with van der Waals surface area (Å²) >= 11 is 5.95. The van der Waals surface area contributed by atoms with E-state index in [1.165, 1.54) is 31.5 Å². The van der Waals surface area contributed by atoms with Crippen molar-refractivity contribution in [2.24, 2.45) is 0 Å². The largest absolute Gasteiger partial charge is 0.299 e. The number of pyridine rings is 1. The third-order valence-electron chi connectivity index (χ3n) is 4.80. The van der Waals surface area contributed by atoms with E-state index in [4.69, 9.17) is 11.6 Å². The molecule has 1 aliphatic rings. The molecular weight excluding hydrogens is 328 g/mol. The van der Waals surface area contributed by atoms with Crippen molar-refractivity contribution in [1.29, 1.82) is 0 Å². The average molecular weight is 349 g/mol. The van der Waals surface area contributed by atoms with Crippen molar-refractivity contribution in [3.63, 3.8) is 0 Å². The van der Waals surface area contributed by atoms with E-state index in [0.717, 1.165) is 34.0 Å². The molecule has 4 rings (SSSR count). The fourth-order valence-corrected chi connectivity index (χ4v) is 3.48. The summed E-state index contributed by atoms with van der Waals surface area (Å²) in [5.74, 6) is 0. The minimum atomic E-state index is 0.752. The third kappa shape index (κ3) is 3.92. The highest BCUT2D eigenvalue weighted by Crippen LogP contribution is 2.24. The first-order valence-corrected chi connectivity index (χ1v) is 9.19. The van der Waals surface area contributed by atoms with Crippen molar-refractivity contribution >= 4 is 11.6 Å². The molecule has 0 radical (unpaired) electrons. The van der Waals surface area contributed by atoms with Crippen molar-refractivity contribution < 1.29 is 0 Å². The molecule has 3 aromatic rings. The van der Waals surface area contributed by atoms with Crippen molar-refractivity contribution in [2.45, 2.75) is 19.4 Å². The quantitative estimate of drug-likeness (QED) is 0.604. The molecule has 0 N–H and O–H groups in total. The molecule has 2 heterocycles. The highest BCUT2D eigenvalue weighted by atomic mass is 35.5. The van der Waals surface area contributed by atoms with Crippen LogP contribution in [0.5, 0.6) is 0 Å². The summed E-state index contributed by atoms with van der Waals surface area (Å²) in [4.78, 5) is 7.16. The van der Waals surface area contributed by atoms with Crippen LogP contribution in [0.15, 0.2) is 66.9 Å². The summed E-state index contributed by atoms with van der Waals surface area (Å²) in [5.41, 5.74) is 5.78. The van der Waals surface area contributed by atoms with E-state index in [9.17, 15) is 0 Å². The monoisotopic (exact) mass is 348 g/mol. The van der Waals surface area contributed by atoms with Crippen LogP contribution in [0.4, 0.5) is 0 Å². The minimum Gasteiger partial charge on any atom is -0.299 e. The lowest BCUT2D eigenvalue weighted by Gasteiger charge is -2.14. The van der Waals surface area contributed by atoms with Gasteiger partial charge in [0, 0.05) is 28.9 Å². The van der Waals surface area contributed by atoms with Crippen LogP contribution in [0, 0.1) is 0 Å². The molecule has 3 heteroatoms. The second-order valence-corrected chi connectivity index (χ2v) is 7.06. The van der Waals surface area contributed by atoms with Crippen molar-refractivity contribution in [1.82, 2.24) is 9.88 Å². The maximum Gasteiger partial charge on any atom is 0.0702 e. The molecule has 0 unspecified atom stereocenters. The predicted molar refractivity (Wildman–Crippen MR) is 105 cm³/mol. The van der Waals surface area contributed by atoms with E-state index >= 15 is 0 Å². The van der Waals surface area contributed by atoms with Crippen LogP contribution in [0.25, 0.3) is 22.4 Å². The van der Waals surface area contributed by atoms with Crippen LogP contribution in [0.1, 0.15) is 18.4 Å². The Hall–Kier alpha value is -2.16. The normalized spacial score (nSPS) is 14.8. The number of nitrogens with zero attached hydrogens (tertiary/aromatic N) is 2. The van der Waals surface area contributed by atoms with Gasteiger partial charge < -0.3 is 0 Å². The molecule has 126 valence electrons. The Morgan fingerprint density at radius 2 is 1.40 bits per heavy atom. The SMILES string of the molecule is Clc1ccc(-c2ccc(-c3ccc(CN4CCCC4)cc3)nc2)cc1. The molecule has 25 heavy (non-hydrogen) atoms. The number of hydrogen-bond donors (Lipinski definition) is 0. The topological polar surface area (TPSA) is 16.1 Å². The van der Waals surface area contributed by atoms with Gasteiger partial charge in [0.1, 0.15) is 0 Å². The van der Waals surface area contributed by atoms with Crippen LogP contribution in [0.2, 0.25) is 5.02 Å². The zero-order valence-corrected chi connectivity index (χ0v) is 14.9. The van der Waals surface area contributed by atoms with Gasteiger partial charge in [-0.15, -0.1) is 0 Å². The van der Waals surface area contributed by atoms with E-state index in [0.29, 0.717) is 0 Å². The zero-order valence-electron chi connectivity index (χ0n) is 14.2. The van der Waals surface area contributed by atoms with Crippen molar-refractivity contribution in [2.75, 3.05) is 13.1 Å². The van der Waals surface area contributed by atoms with E-state index in [1.54, 1.807) is 0 Å². The van der Waals surface area contributed by atoms with Gasteiger partial charge in [-0.1, -0.05) is 54.1 Å². The van der Waals surface area contributed by atoms with Crippen LogP contribution in [-0.2, 0) is 6.54 Å². The van der Waals surface area contributed by atoms with Gasteiger partial charge in [0.25, 0.3) is 0 Å². The molecule has 0 bridgehead atoms. The lowest BCUT2D eigenvalue weighted by atomic mass is 10.0. The third-order valence-corrected chi connectivity index (χ3v) is 5.05. The maximum atomic E-state index is 5.95.